The Balaban J connectivity index is -0.000000734. The van der Waals surface area contributed by atoms with Crippen molar-refractivity contribution in [2.75, 3.05) is 85.5 Å². The summed E-state index contributed by atoms with van der Waals surface area (Å²) in [5, 5.41) is 45.2. The third kappa shape index (κ3) is 63.1. The number of alkyl carbamates (subject to hydrolysis) is 2. The molecule has 0 saturated heterocycles. The number of hydrogen-bond acceptors (Lipinski definition) is 42. The molecule has 0 aliphatic rings. The summed E-state index contributed by atoms with van der Waals surface area (Å²) < 4.78 is 280. The molecular formula is C62H118N2O46S8. The van der Waals surface area contributed by atoms with E-state index in [0.717, 1.165) is 0 Å². The van der Waals surface area contributed by atoms with Gasteiger partial charge in [-0.1, -0.05) is 83.1 Å². The molecule has 0 aromatic heterocycles. The molecule has 0 aromatic rings. The molecule has 0 fully saturated rings. The Kier molecular flexibility index (Phi) is 52.7. The summed E-state index contributed by atoms with van der Waals surface area (Å²) in [7, 11) is -33.7. The number of rotatable bonds is 50. The van der Waals surface area contributed by atoms with Gasteiger partial charge in [0.1, 0.15) is 0 Å². The van der Waals surface area contributed by atoms with Crippen LogP contribution in [0.15, 0.2) is 0 Å². The van der Waals surface area contributed by atoms with Crippen molar-refractivity contribution < 1.29 is 208 Å². The second-order valence-corrected chi connectivity index (χ2v) is 42.7. The SMILES string of the molecule is CC(C)OC(=O)OC(C)OC(=O)[C@@H](O)C(C)(C)COS(=O)(=O)CCCS(=O)(=O)O.CC(C)OC(=O)OC(C)OC(=O)[C@H](O)C(C)(C)COS(=O)(=O)CCCS(=O)(=O)O.CC(OC(=O)NC[C@@H](O)C(C)(C)COS(=O)(=O)CCCS(=O)(=O)O)OC(=O)C(C)C.CC(OC(=O)NC[C@H](O)C(C)(C)COS(=O)(=O)CCCS(=O)(=O)O)OC(=O)C(C)C. The highest BCUT2D eigenvalue weighted by Gasteiger charge is 2.40. The Morgan fingerprint density at radius 1 is 0.288 bits per heavy atom. The van der Waals surface area contributed by atoms with Gasteiger partial charge in [-0.15, -0.1) is 0 Å². The summed E-state index contributed by atoms with van der Waals surface area (Å²) in [5.74, 6) is -9.87. The van der Waals surface area contributed by atoms with Crippen LogP contribution in [0.25, 0.3) is 0 Å². The first-order valence-corrected chi connectivity index (χ1v) is 48.0. The van der Waals surface area contributed by atoms with Gasteiger partial charge in [-0.3, -0.25) is 44.5 Å². The fraction of sp³-hybridized carbons (Fsp3) is 0.871. The normalized spacial score (nSPS) is 14.8. The van der Waals surface area contributed by atoms with Crippen molar-refractivity contribution in [2.45, 2.75) is 226 Å². The van der Waals surface area contributed by atoms with Gasteiger partial charge in [0.25, 0.3) is 80.9 Å². The van der Waals surface area contributed by atoms with E-state index in [1.54, 1.807) is 55.4 Å². The van der Waals surface area contributed by atoms with E-state index in [1.807, 2.05) is 0 Å². The van der Waals surface area contributed by atoms with Crippen LogP contribution in [-0.2, 0) is 164 Å². The lowest BCUT2D eigenvalue weighted by atomic mass is 9.87. The van der Waals surface area contributed by atoms with Gasteiger partial charge < -0.3 is 78.4 Å². The van der Waals surface area contributed by atoms with Crippen LogP contribution < -0.4 is 10.6 Å². The Morgan fingerprint density at radius 2 is 0.492 bits per heavy atom. The molecule has 4 unspecified atom stereocenters. The fourth-order valence-electron chi connectivity index (χ4n) is 7.02. The number of carbonyl (C=O) groups is 8. The lowest BCUT2D eigenvalue weighted by Crippen LogP contribution is -2.44. The highest BCUT2D eigenvalue weighted by atomic mass is 32.3. The van der Waals surface area contributed by atoms with Crippen molar-refractivity contribution in [2.24, 2.45) is 33.5 Å². The van der Waals surface area contributed by atoms with Gasteiger partial charge in [-0.25, -0.2) is 28.8 Å². The van der Waals surface area contributed by atoms with Gasteiger partial charge in [0.15, 0.2) is 12.2 Å². The van der Waals surface area contributed by atoms with Crippen molar-refractivity contribution in [1.82, 2.24) is 10.6 Å². The molecule has 8 atom stereocenters. The van der Waals surface area contributed by atoms with Crippen LogP contribution in [0, 0.1) is 33.5 Å². The number of aliphatic hydroxyl groups is 4. The van der Waals surface area contributed by atoms with Crippen LogP contribution in [0.5, 0.6) is 0 Å². The maximum Gasteiger partial charge on any atom is 0.511 e. The van der Waals surface area contributed by atoms with Crippen molar-refractivity contribution in [3.63, 3.8) is 0 Å². The molecular weight excluding hydrogens is 1770 g/mol. The Bertz CT molecular complexity index is 3850. The zero-order chi connectivity index (χ0) is 93.6. The average Bonchev–Trinajstić information content (AvgIpc) is 0.851. The van der Waals surface area contributed by atoms with E-state index in [-0.39, 0.29) is 25.9 Å². The van der Waals surface area contributed by atoms with Gasteiger partial charge in [0, 0.05) is 62.4 Å². The number of ether oxygens (including phenoxy) is 10. The lowest BCUT2D eigenvalue weighted by molar-refractivity contribution is -0.186. The summed E-state index contributed by atoms with van der Waals surface area (Å²) in [6, 6.07) is 0. The molecule has 0 aromatic carbocycles. The van der Waals surface area contributed by atoms with Crippen molar-refractivity contribution in [3.05, 3.63) is 0 Å². The smallest absolute Gasteiger partial charge is 0.431 e. The van der Waals surface area contributed by atoms with Crippen LogP contribution in [0.3, 0.4) is 0 Å². The molecule has 56 heteroatoms. The average molecular weight is 1880 g/mol. The van der Waals surface area contributed by atoms with Crippen LogP contribution in [0.4, 0.5) is 19.2 Å². The first-order valence-electron chi connectivity index (χ1n) is 35.3. The standard InChI is InChI=1S/2C16H31NO11S2.2C15H28O12S2/c2*1-11(2)14(19)27-12(3)28-15(20)17-9-13(18)16(4,5)10-26-30(24,25)8-6-7-29(21,22)23;2*1-10(2)25-14(18)27-11(3)26-13(17)12(16)15(4,5)9-24-29(22,23)8-6-7-28(19,20)21/h2*11-13,18H,6-10H2,1-5H3,(H,17,20)(H,21,22,23);2*10-12,16H,6-9H2,1-5H3,(H,19,20,21)/t2*12?,13-;2*11?,12-/m1010/s1. The fourth-order valence-corrected chi connectivity index (χ4v) is 14.2. The van der Waals surface area contributed by atoms with Crippen LogP contribution in [-0.4, -0.2) is 302 Å². The molecule has 0 rings (SSSR count). The van der Waals surface area contributed by atoms with E-state index in [2.05, 4.69) is 20.1 Å². The maximum absolute atomic E-state index is 12.0. The summed E-state index contributed by atoms with van der Waals surface area (Å²) >= 11 is 0. The van der Waals surface area contributed by atoms with Crippen LogP contribution in [0.2, 0.25) is 0 Å². The Labute approximate surface area is 689 Å². The summed E-state index contributed by atoms with van der Waals surface area (Å²) in [4.78, 5) is 93.0. The highest BCUT2D eigenvalue weighted by Crippen LogP contribution is 2.27. The molecule has 0 radical (unpaired) electrons. The molecule has 0 spiro atoms. The molecule has 2 amide bonds. The number of aliphatic hydroxyl groups excluding tert-OH is 4. The first kappa shape index (κ1) is 118. The number of nitrogens with one attached hydrogen (secondary N) is 2. The molecule has 48 nitrogen and oxygen atoms in total. The zero-order valence-electron chi connectivity index (χ0n) is 69.0. The number of carbonyl (C=O) groups excluding carboxylic acids is 8. The van der Waals surface area contributed by atoms with Crippen molar-refractivity contribution in [3.8, 4) is 0 Å². The van der Waals surface area contributed by atoms with E-state index in [4.69, 9.17) is 72.8 Å². The van der Waals surface area contributed by atoms with E-state index in [9.17, 15) is 126 Å². The van der Waals surface area contributed by atoms with E-state index in [1.165, 1.54) is 83.1 Å². The van der Waals surface area contributed by atoms with Crippen molar-refractivity contribution in [1.29, 1.82) is 0 Å². The second-order valence-electron chi connectivity index (χ2n) is 29.4. The number of esters is 4. The van der Waals surface area contributed by atoms with Gasteiger partial charge in [-0.2, -0.15) is 67.3 Å². The lowest BCUT2D eigenvalue weighted by Gasteiger charge is -2.30. The number of hydrogen-bond donors (Lipinski definition) is 10. The monoisotopic (exact) mass is 1880 g/mol. The van der Waals surface area contributed by atoms with Gasteiger partial charge in [-0.05, 0) is 53.4 Å². The molecule has 0 heterocycles. The minimum Gasteiger partial charge on any atom is -0.431 e. The van der Waals surface area contributed by atoms with E-state index >= 15 is 0 Å². The molecule has 0 aliphatic carbocycles. The summed E-state index contributed by atoms with van der Waals surface area (Å²) in [5.41, 5.74) is -5.07. The molecule has 118 heavy (non-hydrogen) atoms. The predicted molar refractivity (Wildman–Crippen MR) is 409 cm³/mol. The maximum atomic E-state index is 12.0. The largest absolute Gasteiger partial charge is 0.511 e. The van der Waals surface area contributed by atoms with Crippen molar-refractivity contribution >= 4 is 129 Å². The molecule has 0 saturated carbocycles. The summed E-state index contributed by atoms with van der Waals surface area (Å²) in [6.07, 6.45) is -17.6. The predicted octanol–water partition coefficient (Wildman–Crippen LogP) is 1.44. The zero-order valence-corrected chi connectivity index (χ0v) is 75.5. The Morgan fingerprint density at radius 3 is 0.695 bits per heavy atom. The van der Waals surface area contributed by atoms with Gasteiger partial charge in [0.2, 0.25) is 25.2 Å². The van der Waals surface area contributed by atoms with Gasteiger partial charge in [0.05, 0.1) is 109 Å². The quantitative estimate of drug-likeness (QED) is 0.0135. The minimum absolute atomic E-state index is 0.303. The third-order valence-electron chi connectivity index (χ3n) is 14.0. The minimum atomic E-state index is -4.31. The third-order valence-corrected chi connectivity index (χ3v) is 22.3. The second kappa shape index (κ2) is 52.5. The van der Waals surface area contributed by atoms with Crippen LogP contribution >= 0.6 is 0 Å². The Hall–Kier alpha value is -5.92. The molecule has 0 aliphatic heterocycles. The summed E-state index contributed by atoms with van der Waals surface area (Å²) in [6.45, 7) is 26.5. The van der Waals surface area contributed by atoms with E-state index < -0.39 is 310 Å². The molecule has 700 valence electrons. The van der Waals surface area contributed by atoms with E-state index in [0.29, 0.717) is 0 Å². The van der Waals surface area contributed by atoms with Crippen LogP contribution in [0.1, 0.15) is 164 Å². The number of amides is 2. The van der Waals surface area contributed by atoms with Gasteiger partial charge >= 0.3 is 48.4 Å². The highest BCUT2D eigenvalue weighted by molar-refractivity contribution is 7.88. The first-order chi connectivity index (χ1) is 52.8. The topological polar surface area (TPSA) is 725 Å². The molecule has 0 bridgehead atoms. The molecule has 10 N–H and O–H groups in total.